The maximum Gasteiger partial charge on any atom is 0.469 e. The molecule has 0 atom stereocenters. The van der Waals surface area contributed by atoms with Crippen LogP contribution in [0.25, 0.3) is 0 Å². The molecule has 0 spiro atoms. The van der Waals surface area contributed by atoms with E-state index in [-0.39, 0.29) is 0 Å². The molecule has 0 rings (SSSR count). The molecule has 0 fully saturated rings. The number of aliphatic hydroxyl groups is 1. The van der Waals surface area contributed by atoms with Crippen molar-refractivity contribution in [3.8, 4) is 0 Å². The highest BCUT2D eigenvalue weighted by Crippen LogP contribution is 2.37. The highest BCUT2D eigenvalue weighted by molar-refractivity contribution is 7.46. The third kappa shape index (κ3) is 4.68. The first-order chi connectivity index (χ1) is 5.89. The molecule has 0 aliphatic heterocycles. The molecule has 13 heavy (non-hydrogen) atoms. The minimum atomic E-state index is -4.57. The van der Waals surface area contributed by atoms with Gasteiger partial charge in [0.15, 0.2) is 0 Å². The van der Waals surface area contributed by atoms with Gasteiger partial charge < -0.3 is 24.4 Å². The van der Waals surface area contributed by atoms with Crippen LogP contribution in [-0.2, 0) is 18.6 Å². The fourth-order valence-electron chi connectivity index (χ4n) is 0.558. The Kier molecular flexibility index (Phi) is 5.01. The summed E-state index contributed by atoms with van der Waals surface area (Å²) >= 11 is 0. The molecule has 8 heteroatoms. The van der Waals surface area contributed by atoms with Crippen molar-refractivity contribution >= 4 is 7.82 Å². The SMILES string of the molecule is COC(CO)(COP(=O)(O)O)OC. The molecule has 0 aromatic rings. The number of ether oxygens (including phenoxy) is 2. The van der Waals surface area contributed by atoms with E-state index in [9.17, 15) is 4.57 Å². The van der Waals surface area contributed by atoms with Crippen molar-refractivity contribution in [1.29, 1.82) is 0 Å². The van der Waals surface area contributed by atoms with Crippen molar-refractivity contribution in [3.05, 3.63) is 0 Å². The van der Waals surface area contributed by atoms with Crippen molar-refractivity contribution in [3.63, 3.8) is 0 Å². The maximum atomic E-state index is 10.3. The number of phosphoric ester groups is 1. The zero-order chi connectivity index (χ0) is 10.5. The van der Waals surface area contributed by atoms with Crippen molar-refractivity contribution in [2.24, 2.45) is 0 Å². The maximum absolute atomic E-state index is 10.3. The number of aliphatic hydroxyl groups excluding tert-OH is 1. The number of hydrogen-bond acceptors (Lipinski definition) is 5. The number of methoxy groups -OCH3 is 2. The van der Waals surface area contributed by atoms with Crippen LogP contribution in [0.4, 0.5) is 0 Å². The molecule has 0 radical (unpaired) electrons. The highest BCUT2D eigenvalue weighted by Gasteiger charge is 2.32. The lowest BCUT2D eigenvalue weighted by Gasteiger charge is -2.27. The Balaban J connectivity index is 4.19. The van der Waals surface area contributed by atoms with Crippen LogP contribution in [0.2, 0.25) is 0 Å². The van der Waals surface area contributed by atoms with E-state index in [0.717, 1.165) is 0 Å². The Hall–Kier alpha value is -0.0100. The monoisotopic (exact) mass is 216 g/mol. The summed E-state index contributed by atoms with van der Waals surface area (Å²) in [7, 11) is -2.12. The van der Waals surface area contributed by atoms with Crippen LogP contribution in [0.3, 0.4) is 0 Å². The van der Waals surface area contributed by atoms with Crippen LogP contribution in [-0.4, -0.2) is 48.1 Å². The van der Waals surface area contributed by atoms with E-state index < -0.39 is 26.8 Å². The van der Waals surface area contributed by atoms with E-state index >= 15 is 0 Å². The summed E-state index contributed by atoms with van der Waals surface area (Å²) in [6.45, 7) is -1.12. The van der Waals surface area contributed by atoms with Crippen molar-refractivity contribution < 1.29 is 33.5 Å². The topological polar surface area (TPSA) is 105 Å². The fourth-order valence-corrected chi connectivity index (χ4v) is 0.923. The van der Waals surface area contributed by atoms with Gasteiger partial charge in [-0.2, -0.15) is 0 Å². The molecule has 7 nitrogen and oxygen atoms in total. The lowest BCUT2D eigenvalue weighted by molar-refractivity contribution is -0.242. The average molecular weight is 216 g/mol. The van der Waals surface area contributed by atoms with Gasteiger partial charge in [-0.15, -0.1) is 0 Å². The van der Waals surface area contributed by atoms with Crippen molar-refractivity contribution in [1.82, 2.24) is 0 Å². The first-order valence-corrected chi connectivity index (χ1v) is 4.83. The molecule has 0 aromatic carbocycles. The molecule has 0 saturated carbocycles. The van der Waals surface area contributed by atoms with Gasteiger partial charge in [0.2, 0.25) is 5.79 Å². The molecule has 0 aliphatic rings. The summed E-state index contributed by atoms with van der Waals surface area (Å²) in [6, 6.07) is 0. The fraction of sp³-hybridized carbons (Fsp3) is 1.00. The summed E-state index contributed by atoms with van der Waals surface area (Å²) < 4.78 is 23.8. The van der Waals surface area contributed by atoms with Crippen LogP contribution in [0.5, 0.6) is 0 Å². The Morgan fingerprint density at radius 1 is 1.31 bits per heavy atom. The second kappa shape index (κ2) is 5.02. The lowest BCUT2D eigenvalue weighted by atomic mass is 10.3. The smallest absolute Gasteiger partial charge is 0.391 e. The Labute approximate surface area is 75.5 Å². The Bertz CT molecular complexity index is 175. The van der Waals surface area contributed by atoms with Crippen LogP contribution >= 0.6 is 7.82 Å². The largest absolute Gasteiger partial charge is 0.469 e. The second-order valence-corrected chi connectivity index (χ2v) is 3.48. The molecular weight excluding hydrogens is 203 g/mol. The van der Waals surface area contributed by atoms with Gasteiger partial charge >= 0.3 is 7.82 Å². The van der Waals surface area contributed by atoms with E-state index in [1.807, 2.05) is 0 Å². The number of hydrogen-bond donors (Lipinski definition) is 3. The normalized spacial score (nSPS) is 13.3. The lowest BCUT2D eigenvalue weighted by Crippen LogP contribution is -2.42. The van der Waals surface area contributed by atoms with Gasteiger partial charge in [0.25, 0.3) is 0 Å². The van der Waals surface area contributed by atoms with E-state index in [4.69, 9.17) is 24.4 Å². The van der Waals surface area contributed by atoms with Gasteiger partial charge in [0.05, 0.1) is 6.61 Å². The Morgan fingerprint density at radius 3 is 2.00 bits per heavy atom. The minimum absolute atomic E-state index is 0.555. The molecule has 0 saturated heterocycles. The summed E-state index contributed by atoms with van der Waals surface area (Å²) in [5.74, 6) is -1.53. The summed E-state index contributed by atoms with van der Waals surface area (Å²) in [6.07, 6.45) is 0. The Morgan fingerprint density at radius 2 is 1.77 bits per heavy atom. The van der Waals surface area contributed by atoms with Crippen LogP contribution in [0.15, 0.2) is 0 Å². The predicted octanol–water partition coefficient (Wildman–Crippen LogP) is -0.923. The zero-order valence-electron chi connectivity index (χ0n) is 7.34. The van der Waals surface area contributed by atoms with Gasteiger partial charge in [-0.1, -0.05) is 0 Å². The van der Waals surface area contributed by atoms with Gasteiger partial charge in [-0.05, 0) is 0 Å². The molecule has 3 N–H and O–H groups in total. The predicted molar refractivity (Wildman–Crippen MR) is 41.8 cm³/mol. The molecule has 0 heterocycles. The van der Waals surface area contributed by atoms with Crippen molar-refractivity contribution in [2.45, 2.75) is 5.79 Å². The zero-order valence-corrected chi connectivity index (χ0v) is 8.23. The molecule has 0 amide bonds. The third-order valence-electron chi connectivity index (χ3n) is 1.44. The molecule has 80 valence electrons. The summed E-state index contributed by atoms with van der Waals surface area (Å²) in [5.41, 5.74) is 0. The molecule has 0 aliphatic carbocycles. The summed E-state index contributed by atoms with van der Waals surface area (Å²) in [5, 5.41) is 8.79. The second-order valence-electron chi connectivity index (χ2n) is 2.24. The number of rotatable bonds is 6. The first-order valence-electron chi connectivity index (χ1n) is 3.30. The van der Waals surface area contributed by atoms with E-state index in [1.54, 1.807) is 0 Å². The van der Waals surface area contributed by atoms with Crippen LogP contribution < -0.4 is 0 Å². The van der Waals surface area contributed by atoms with Crippen LogP contribution in [0, 0.1) is 0 Å². The third-order valence-corrected chi connectivity index (χ3v) is 1.90. The van der Waals surface area contributed by atoms with E-state index in [2.05, 4.69) is 4.52 Å². The van der Waals surface area contributed by atoms with E-state index in [1.165, 1.54) is 14.2 Å². The number of phosphoric acid groups is 1. The average Bonchev–Trinajstić information content (AvgIpc) is 2.06. The molecule has 0 unspecified atom stereocenters. The van der Waals surface area contributed by atoms with Crippen LogP contribution in [0.1, 0.15) is 0 Å². The van der Waals surface area contributed by atoms with Gasteiger partial charge in [0.1, 0.15) is 6.61 Å². The van der Waals surface area contributed by atoms with E-state index in [0.29, 0.717) is 0 Å². The quantitative estimate of drug-likeness (QED) is 0.389. The first kappa shape index (κ1) is 13.0. The molecule has 0 bridgehead atoms. The van der Waals surface area contributed by atoms with Crippen molar-refractivity contribution in [2.75, 3.05) is 27.4 Å². The highest BCUT2D eigenvalue weighted by atomic mass is 31.2. The molecule has 0 aromatic heterocycles. The van der Waals surface area contributed by atoms with Gasteiger partial charge in [-0.25, -0.2) is 4.57 Å². The standard InChI is InChI=1S/C5H13O7P/c1-10-5(3-6,11-2)4-12-13(7,8)9/h6H,3-4H2,1-2H3,(H2,7,8,9). The molecular formula is C5H13O7P. The van der Waals surface area contributed by atoms with Gasteiger partial charge in [-0.3, -0.25) is 4.52 Å². The summed E-state index contributed by atoms with van der Waals surface area (Å²) in [4.78, 5) is 16.7. The van der Waals surface area contributed by atoms with Gasteiger partial charge in [0, 0.05) is 14.2 Å². The minimum Gasteiger partial charge on any atom is -0.391 e.